The molecule has 0 saturated carbocycles. The normalized spacial score (nSPS) is 26.4. The molecule has 0 bridgehead atoms. The van der Waals surface area contributed by atoms with Gasteiger partial charge in [0.25, 0.3) is 0 Å². The van der Waals surface area contributed by atoms with Crippen LogP contribution in [0.15, 0.2) is 29.9 Å². The number of nitrogens with zero attached hydrogens (tertiary/aromatic N) is 3. The number of likely N-dealkylation sites (tertiary alicyclic amines) is 1. The van der Waals surface area contributed by atoms with Crippen LogP contribution in [-0.2, 0) is 18.4 Å². The highest BCUT2D eigenvalue weighted by molar-refractivity contribution is 7.10. The molecule has 1 amide bonds. The number of nitrogens with one attached hydrogen (secondary N) is 1. The number of piperidine rings is 1. The summed E-state index contributed by atoms with van der Waals surface area (Å²) in [6, 6.07) is 3.64. The van der Waals surface area contributed by atoms with Crippen LogP contribution in [0.3, 0.4) is 0 Å². The van der Waals surface area contributed by atoms with Crippen LogP contribution in [0.1, 0.15) is 57.3 Å². The second kappa shape index (κ2) is 7.97. The Hall–Kier alpha value is -1.70. The van der Waals surface area contributed by atoms with Crippen molar-refractivity contribution < 1.29 is 9.90 Å². The zero-order valence-electron chi connectivity index (χ0n) is 17.5. The predicted octanol–water partition coefficient (Wildman–Crippen LogP) is 3.10. The first-order valence-corrected chi connectivity index (χ1v) is 10.7. The number of hydrogen-bond donors (Lipinski definition) is 2. The minimum atomic E-state index is -0.972. The Morgan fingerprint density at radius 2 is 2.21 bits per heavy atom. The molecule has 3 unspecified atom stereocenters. The van der Waals surface area contributed by atoms with Crippen LogP contribution in [-0.4, -0.2) is 43.7 Å². The number of hydrogen-bond acceptors (Lipinski definition) is 5. The van der Waals surface area contributed by atoms with Crippen molar-refractivity contribution >= 4 is 17.2 Å². The molecule has 1 aliphatic rings. The van der Waals surface area contributed by atoms with Gasteiger partial charge in [-0.3, -0.25) is 9.69 Å². The van der Waals surface area contributed by atoms with Gasteiger partial charge in [0.1, 0.15) is 5.82 Å². The van der Waals surface area contributed by atoms with Crippen molar-refractivity contribution in [3.05, 3.63) is 40.6 Å². The molecule has 0 radical (unpaired) electrons. The molecule has 0 aromatic carbocycles. The largest absolute Gasteiger partial charge is 0.388 e. The second-order valence-corrected chi connectivity index (χ2v) is 10.3. The van der Waals surface area contributed by atoms with E-state index in [1.165, 1.54) is 0 Å². The molecule has 2 aromatic heterocycles. The van der Waals surface area contributed by atoms with Gasteiger partial charge in [0.2, 0.25) is 5.91 Å². The van der Waals surface area contributed by atoms with E-state index >= 15 is 0 Å². The average Bonchev–Trinajstić information content (AvgIpc) is 3.21. The van der Waals surface area contributed by atoms with E-state index in [1.54, 1.807) is 17.5 Å². The van der Waals surface area contributed by atoms with E-state index in [4.69, 9.17) is 0 Å². The Labute approximate surface area is 171 Å². The van der Waals surface area contributed by atoms with Crippen molar-refractivity contribution in [3.8, 4) is 0 Å². The average molecular weight is 405 g/mol. The summed E-state index contributed by atoms with van der Waals surface area (Å²) in [5.74, 6) is 0.959. The van der Waals surface area contributed by atoms with E-state index in [2.05, 4.69) is 42.0 Å². The zero-order valence-corrected chi connectivity index (χ0v) is 18.3. The third kappa shape index (κ3) is 4.82. The summed E-state index contributed by atoms with van der Waals surface area (Å²) in [4.78, 5) is 20.7. The van der Waals surface area contributed by atoms with Gasteiger partial charge in [-0.15, -0.1) is 11.3 Å². The lowest BCUT2D eigenvalue weighted by molar-refractivity contribution is -0.130. The van der Waals surface area contributed by atoms with Crippen LogP contribution in [0.4, 0.5) is 0 Å². The van der Waals surface area contributed by atoms with Crippen molar-refractivity contribution in [1.29, 1.82) is 0 Å². The summed E-state index contributed by atoms with van der Waals surface area (Å²) in [6.45, 7) is 9.41. The van der Waals surface area contributed by atoms with E-state index in [-0.39, 0.29) is 23.4 Å². The zero-order chi connectivity index (χ0) is 20.5. The lowest BCUT2D eigenvalue weighted by Gasteiger charge is -2.48. The number of rotatable bonds is 5. The van der Waals surface area contributed by atoms with Gasteiger partial charge in [-0.1, -0.05) is 26.8 Å². The summed E-state index contributed by atoms with van der Waals surface area (Å²) in [7, 11) is 1.99. The van der Waals surface area contributed by atoms with Gasteiger partial charge in [0.05, 0.1) is 24.2 Å². The summed E-state index contributed by atoms with van der Waals surface area (Å²) in [5.41, 5.74) is -1.07. The highest BCUT2D eigenvalue weighted by atomic mass is 32.1. The molecule has 0 spiro atoms. The Balaban J connectivity index is 1.90. The Bertz CT molecular complexity index is 792. The van der Waals surface area contributed by atoms with Crippen molar-refractivity contribution in [2.45, 2.75) is 64.8 Å². The third-order valence-corrected chi connectivity index (χ3v) is 6.33. The smallest absolute Gasteiger partial charge is 0.220 e. The number of amides is 1. The number of thiophene rings is 1. The summed E-state index contributed by atoms with van der Waals surface area (Å²) >= 11 is 1.66. The van der Waals surface area contributed by atoms with Crippen molar-refractivity contribution in [2.75, 3.05) is 6.54 Å². The van der Waals surface area contributed by atoms with Crippen LogP contribution >= 0.6 is 11.3 Å². The fourth-order valence-corrected chi connectivity index (χ4v) is 4.76. The molecule has 1 fully saturated rings. The number of carbonyl (C=O) groups excluding carboxylic acids is 1. The Morgan fingerprint density at radius 3 is 2.79 bits per heavy atom. The first-order valence-electron chi connectivity index (χ1n) is 9.82. The van der Waals surface area contributed by atoms with Gasteiger partial charge in [-0.2, -0.15) is 0 Å². The molecule has 2 N–H and O–H groups in total. The fourth-order valence-electron chi connectivity index (χ4n) is 3.87. The summed E-state index contributed by atoms with van der Waals surface area (Å²) in [5, 5.41) is 16.4. The Kier molecular flexibility index (Phi) is 5.98. The van der Waals surface area contributed by atoms with Gasteiger partial charge >= 0.3 is 0 Å². The molecule has 3 atom stereocenters. The highest BCUT2D eigenvalue weighted by Crippen LogP contribution is 2.39. The number of aromatic nitrogens is 2. The van der Waals surface area contributed by atoms with E-state index in [0.29, 0.717) is 19.4 Å². The van der Waals surface area contributed by atoms with Gasteiger partial charge in [0.15, 0.2) is 0 Å². The molecule has 1 aliphatic heterocycles. The van der Waals surface area contributed by atoms with Crippen LogP contribution in [0.25, 0.3) is 0 Å². The lowest BCUT2D eigenvalue weighted by atomic mass is 9.81. The molecule has 1 saturated heterocycles. The van der Waals surface area contributed by atoms with Crippen molar-refractivity contribution in [1.82, 2.24) is 19.8 Å². The molecular weight excluding hydrogens is 372 g/mol. The molecule has 6 nitrogen and oxygen atoms in total. The summed E-state index contributed by atoms with van der Waals surface area (Å²) < 4.78 is 2.02. The number of carbonyl (C=O) groups is 1. The fraction of sp³-hybridized carbons (Fsp3) is 0.619. The standard InChI is InChI=1S/C21H32N4O2S/c1-20(2,3)13-17(26)23-19-18(15-7-6-12-28-15)25(10-8-21(19,4)27)14-16-22-9-11-24(16)5/h6-7,9,11-12,18-19,27H,8,10,13-14H2,1-5H3,(H,23,26). The van der Waals surface area contributed by atoms with Crippen molar-refractivity contribution in [3.63, 3.8) is 0 Å². The van der Waals surface area contributed by atoms with E-state index < -0.39 is 5.60 Å². The van der Waals surface area contributed by atoms with Crippen LogP contribution in [0.5, 0.6) is 0 Å². The molecule has 3 heterocycles. The van der Waals surface area contributed by atoms with E-state index in [9.17, 15) is 9.90 Å². The van der Waals surface area contributed by atoms with Gasteiger partial charge in [0, 0.05) is 37.3 Å². The highest BCUT2D eigenvalue weighted by Gasteiger charge is 2.46. The Morgan fingerprint density at radius 1 is 1.46 bits per heavy atom. The number of aryl methyl sites for hydroxylation is 1. The minimum Gasteiger partial charge on any atom is -0.388 e. The van der Waals surface area contributed by atoms with Crippen LogP contribution in [0.2, 0.25) is 0 Å². The van der Waals surface area contributed by atoms with E-state index in [0.717, 1.165) is 17.2 Å². The number of aliphatic hydroxyl groups is 1. The SMILES string of the molecule is Cn1ccnc1CN1CCC(C)(O)C(NC(=O)CC(C)(C)C)C1c1cccs1. The molecule has 154 valence electrons. The van der Waals surface area contributed by atoms with E-state index in [1.807, 2.05) is 36.2 Å². The maximum atomic E-state index is 12.8. The quantitative estimate of drug-likeness (QED) is 0.803. The first kappa shape index (κ1) is 21.0. The molecule has 28 heavy (non-hydrogen) atoms. The maximum absolute atomic E-state index is 12.8. The molecule has 3 rings (SSSR count). The van der Waals surface area contributed by atoms with Crippen LogP contribution in [0, 0.1) is 5.41 Å². The monoisotopic (exact) mass is 404 g/mol. The minimum absolute atomic E-state index is 0.0156. The lowest BCUT2D eigenvalue weighted by Crippen LogP contribution is -2.62. The third-order valence-electron chi connectivity index (χ3n) is 5.39. The second-order valence-electron chi connectivity index (χ2n) is 9.27. The molecule has 7 heteroatoms. The van der Waals surface area contributed by atoms with Gasteiger partial charge in [-0.25, -0.2) is 4.98 Å². The number of imidazole rings is 1. The predicted molar refractivity (Wildman–Crippen MR) is 112 cm³/mol. The summed E-state index contributed by atoms with van der Waals surface area (Å²) in [6.07, 6.45) is 4.77. The molecular formula is C21H32N4O2S. The molecule has 0 aliphatic carbocycles. The van der Waals surface area contributed by atoms with Gasteiger partial charge < -0.3 is 15.0 Å². The maximum Gasteiger partial charge on any atom is 0.220 e. The van der Waals surface area contributed by atoms with Gasteiger partial charge in [-0.05, 0) is 30.2 Å². The van der Waals surface area contributed by atoms with Crippen molar-refractivity contribution in [2.24, 2.45) is 12.5 Å². The van der Waals surface area contributed by atoms with Crippen LogP contribution < -0.4 is 5.32 Å². The molecule has 2 aromatic rings. The first-order chi connectivity index (χ1) is 13.1. The topological polar surface area (TPSA) is 70.4 Å².